The van der Waals surface area contributed by atoms with E-state index in [1.165, 1.54) is 11.1 Å². The summed E-state index contributed by atoms with van der Waals surface area (Å²) in [6.07, 6.45) is 2.13. The van der Waals surface area contributed by atoms with Crippen LogP contribution >= 0.6 is 0 Å². The maximum Gasteiger partial charge on any atom is 0.305 e. The Bertz CT molecular complexity index is 660. The minimum atomic E-state index is -0.135. The molecule has 0 aromatic heterocycles. The van der Waals surface area contributed by atoms with Crippen LogP contribution in [0.2, 0.25) is 0 Å². The van der Waals surface area contributed by atoms with Gasteiger partial charge in [-0.2, -0.15) is 0 Å². The first-order valence-corrected chi connectivity index (χ1v) is 9.37. The van der Waals surface area contributed by atoms with Gasteiger partial charge in [-0.3, -0.25) is 9.69 Å². The standard InChI is InChI=1S/C22H27NO3/c24-22(13-7-12-19-8-3-1-4-9-19)26-18-21-17-23(14-15-25-21)16-20-10-5-2-6-11-20/h1-6,8-11,21H,7,12-18H2. The molecule has 0 aliphatic carbocycles. The van der Waals surface area contributed by atoms with Crippen molar-refractivity contribution in [1.29, 1.82) is 0 Å². The Morgan fingerprint density at radius 1 is 1.04 bits per heavy atom. The lowest BCUT2D eigenvalue weighted by molar-refractivity contribution is -0.150. The van der Waals surface area contributed by atoms with Gasteiger partial charge in [0.25, 0.3) is 0 Å². The second-order valence-electron chi connectivity index (χ2n) is 6.74. The van der Waals surface area contributed by atoms with Crippen molar-refractivity contribution >= 4 is 5.97 Å². The molecule has 1 fully saturated rings. The molecule has 1 saturated heterocycles. The number of aryl methyl sites for hydroxylation is 1. The summed E-state index contributed by atoms with van der Waals surface area (Å²) in [6.45, 7) is 3.65. The molecule has 3 rings (SSSR count). The third kappa shape index (κ3) is 6.28. The van der Waals surface area contributed by atoms with Crippen molar-refractivity contribution in [3.8, 4) is 0 Å². The van der Waals surface area contributed by atoms with Crippen molar-refractivity contribution in [2.75, 3.05) is 26.3 Å². The van der Waals surface area contributed by atoms with Crippen LogP contribution in [0.25, 0.3) is 0 Å². The maximum atomic E-state index is 12.0. The van der Waals surface area contributed by atoms with Crippen LogP contribution in [0, 0.1) is 0 Å². The van der Waals surface area contributed by atoms with Crippen molar-refractivity contribution in [2.24, 2.45) is 0 Å². The Hall–Kier alpha value is -2.17. The summed E-state index contributed by atoms with van der Waals surface area (Å²) in [5, 5.41) is 0. The molecule has 4 heteroatoms. The molecule has 1 atom stereocenters. The van der Waals surface area contributed by atoms with Gasteiger partial charge in [0.1, 0.15) is 12.7 Å². The minimum absolute atomic E-state index is 0.0365. The Morgan fingerprint density at radius 3 is 2.46 bits per heavy atom. The molecule has 0 N–H and O–H groups in total. The zero-order chi connectivity index (χ0) is 18.0. The molecular formula is C22H27NO3. The first-order valence-electron chi connectivity index (χ1n) is 9.37. The van der Waals surface area contributed by atoms with Gasteiger partial charge in [-0.25, -0.2) is 0 Å². The molecule has 1 unspecified atom stereocenters. The quantitative estimate of drug-likeness (QED) is 0.682. The Morgan fingerprint density at radius 2 is 1.73 bits per heavy atom. The lowest BCUT2D eigenvalue weighted by atomic mass is 10.1. The van der Waals surface area contributed by atoms with E-state index in [0.717, 1.165) is 32.5 Å². The number of hydrogen-bond acceptors (Lipinski definition) is 4. The van der Waals surface area contributed by atoms with Crippen LogP contribution in [0.5, 0.6) is 0 Å². The fourth-order valence-corrected chi connectivity index (χ4v) is 3.21. The number of hydrogen-bond donors (Lipinski definition) is 0. The van der Waals surface area contributed by atoms with Crippen molar-refractivity contribution in [3.05, 3.63) is 71.8 Å². The summed E-state index contributed by atoms with van der Waals surface area (Å²) < 4.78 is 11.2. The smallest absolute Gasteiger partial charge is 0.305 e. The van der Waals surface area contributed by atoms with Gasteiger partial charge in [0.15, 0.2) is 0 Å². The zero-order valence-electron chi connectivity index (χ0n) is 15.2. The van der Waals surface area contributed by atoms with Crippen LogP contribution in [0.15, 0.2) is 60.7 Å². The van der Waals surface area contributed by atoms with Gasteiger partial charge in [-0.15, -0.1) is 0 Å². The van der Waals surface area contributed by atoms with E-state index in [-0.39, 0.29) is 12.1 Å². The topological polar surface area (TPSA) is 38.8 Å². The molecule has 0 radical (unpaired) electrons. The van der Waals surface area contributed by atoms with E-state index in [9.17, 15) is 4.79 Å². The predicted molar refractivity (Wildman–Crippen MR) is 102 cm³/mol. The maximum absolute atomic E-state index is 12.0. The predicted octanol–water partition coefficient (Wildman–Crippen LogP) is 3.45. The van der Waals surface area contributed by atoms with E-state index >= 15 is 0 Å². The van der Waals surface area contributed by atoms with Crippen LogP contribution in [0.3, 0.4) is 0 Å². The van der Waals surface area contributed by atoms with Gasteiger partial charge in [0.2, 0.25) is 0 Å². The molecule has 0 saturated carbocycles. The highest BCUT2D eigenvalue weighted by Gasteiger charge is 2.21. The van der Waals surface area contributed by atoms with E-state index in [1.54, 1.807) is 0 Å². The fourth-order valence-electron chi connectivity index (χ4n) is 3.21. The largest absolute Gasteiger partial charge is 0.463 e. The average Bonchev–Trinajstić information content (AvgIpc) is 2.68. The first kappa shape index (κ1) is 18.6. The molecular weight excluding hydrogens is 326 g/mol. The molecule has 26 heavy (non-hydrogen) atoms. The van der Waals surface area contributed by atoms with Crippen LogP contribution < -0.4 is 0 Å². The molecule has 2 aromatic rings. The third-order valence-electron chi connectivity index (χ3n) is 4.59. The summed E-state index contributed by atoms with van der Waals surface area (Å²) in [4.78, 5) is 14.3. The highest BCUT2D eigenvalue weighted by atomic mass is 16.6. The molecule has 4 nitrogen and oxygen atoms in total. The van der Waals surface area contributed by atoms with Crippen molar-refractivity contribution in [3.63, 3.8) is 0 Å². The molecule has 2 aromatic carbocycles. The second kappa shape index (κ2) is 10.1. The van der Waals surface area contributed by atoms with E-state index in [0.29, 0.717) is 19.6 Å². The van der Waals surface area contributed by atoms with Crippen LogP contribution in [-0.2, 0) is 27.2 Å². The SMILES string of the molecule is O=C(CCCc1ccccc1)OCC1CN(Cc2ccccc2)CCO1. The zero-order valence-corrected chi connectivity index (χ0v) is 15.2. The van der Waals surface area contributed by atoms with E-state index in [1.807, 2.05) is 24.3 Å². The van der Waals surface area contributed by atoms with E-state index in [2.05, 4.69) is 41.3 Å². The molecule has 0 spiro atoms. The van der Waals surface area contributed by atoms with Crippen LogP contribution in [0.1, 0.15) is 24.0 Å². The number of nitrogens with zero attached hydrogens (tertiary/aromatic N) is 1. The Balaban J connectivity index is 1.34. The number of benzene rings is 2. The second-order valence-corrected chi connectivity index (χ2v) is 6.74. The number of carbonyl (C=O) groups excluding carboxylic acids is 1. The van der Waals surface area contributed by atoms with Crippen LogP contribution in [0.4, 0.5) is 0 Å². The highest BCUT2D eigenvalue weighted by molar-refractivity contribution is 5.69. The Labute approximate surface area is 155 Å². The molecule has 0 amide bonds. The fraction of sp³-hybridized carbons (Fsp3) is 0.409. The first-order chi connectivity index (χ1) is 12.8. The van der Waals surface area contributed by atoms with Crippen LogP contribution in [-0.4, -0.2) is 43.3 Å². The monoisotopic (exact) mass is 353 g/mol. The number of esters is 1. The lowest BCUT2D eigenvalue weighted by Crippen LogP contribution is -2.44. The lowest BCUT2D eigenvalue weighted by Gasteiger charge is -2.32. The summed E-state index contributed by atoms with van der Waals surface area (Å²) in [5.74, 6) is -0.135. The molecule has 138 valence electrons. The third-order valence-corrected chi connectivity index (χ3v) is 4.59. The average molecular weight is 353 g/mol. The summed E-state index contributed by atoms with van der Waals surface area (Å²) in [6, 6.07) is 20.6. The van der Waals surface area contributed by atoms with Gasteiger partial charge in [-0.05, 0) is 24.0 Å². The summed E-state index contributed by atoms with van der Waals surface area (Å²) >= 11 is 0. The summed E-state index contributed by atoms with van der Waals surface area (Å²) in [7, 11) is 0. The molecule has 1 heterocycles. The Kier molecular flexibility index (Phi) is 7.23. The molecule has 0 bridgehead atoms. The number of morpholine rings is 1. The van der Waals surface area contributed by atoms with E-state index in [4.69, 9.17) is 9.47 Å². The van der Waals surface area contributed by atoms with Gasteiger partial charge in [-0.1, -0.05) is 60.7 Å². The van der Waals surface area contributed by atoms with Crippen molar-refractivity contribution < 1.29 is 14.3 Å². The summed E-state index contributed by atoms with van der Waals surface area (Å²) in [5.41, 5.74) is 2.55. The van der Waals surface area contributed by atoms with E-state index < -0.39 is 0 Å². The number of rotatable bonds is 8. The minimum Gasteiger partial charge on any atom is -0.463 e. The number of ether oxygens (including phenoxy) is 2. The van der Waals surface area contributed by atoms with Gasteiger partial charge < -0.3 is 9.47 Å². The van der Waals surface area contributed by atoms with Crippen molar-refractivity contribution in [1.82, 2.24) is 4.90 Å². The van der Waals surface area contributed by atoms with Gasteiger partial charge >= 0.3 is 5.97 Å². The van der Waals surface area contributed by atoms with Gasteiger partial charge in [0.05, 0.1) is 6.61 Å². The van der Waals surface area contributed by atoms with Crippen molar-refractivity contribution in [2.45, 2.75) is 31.9 Å². The molecule has 1 aliphatic heterocycles. The normalized spacial score (nSPS) is 17.8. The highest BCUT2D eigenvalue weighted by Crippen LogP contribution is 2.11. The number of carbonyl (C=O) groups is 1. The molecule has 1 aliphatic rings. The van der Waals surface area contributed by atoms with Gasteiger partial charge in [0, 0.05) is 26.1 Å².